The van der Waals surface area contributed by atoms with E-state index in [1.807, 2.05) is 0 Å². The van der Waals surface area contributed by atoms with Crippen LogP contribution in [-0.2, 0) is 6.18 Å². The Balaban J connectivity index is 2.02. The zero-order valence-corrected chi connectivity index (χ0v) is 13.9. The molecule has 0 saturated carbocycles. The van der Waals surface area contributed by atoms with Crippen molar-refractivity contribution in [2.45, 2.75) is 13.1 Å². The number of carbonyl (C=O) groups is 2. The van der Waals surface area contributed by atoms with Gasteiger partial charge in [0.1, 0.15) is 11.5 Å². The summed E-state index contributed by atoms with van der Waals surface area (Å²) in [4.78, 5) is 24.5. The highest BCUT2D eigenvalue weighted by Crippen LogP contribution is 2.29. The van der Waals surface area contributed by atoms with Gasteiger partial charge in [0, 0.05) is 18.7 Å². The summed E-state index contributed by atoms with van der Waals surface area (Å²) in [6, 6.07) is 8.91. The van der Waals surface area contributed by atoms with Crippen LogP contribution in [0.15, 0.2) is 54.7 Å². The van der Waals surface area contributed by atoms with Crippen molar-refractivity contribution in [3.05, 3.63) is 82.9 Å². The Morgan fingerprint density at radius 3 is 2.07 bits per heavy atom. The molecule has 138 valence electrons. The molecular formula is C19H12F4N2O2. The van der Waals surface area contributed by atoms with E-state index in [0.29, 0.717) is 0 Å². The molecule has 0 bridgehead atoms. The summed E-state index contributed by atoms with van der Waals surface area (Å²) in [6.07, 6.45) is -3.21. The van der Waals surface area contributed by atoms with Crippen LogP contribution in [0.1, 0.15) is 38.9 Å². The largest absolute Gasteiger partial charge is 0.416 e. The number of nitrogens with zero attached hydrogens (tertiary/aromatic N) is 2. The number of ketones is 2. The van der Waals surface area contributed by atoms with Crippen LogP contribution in [0.5, 0.6) is 0 Å². The quantitative estimate of drug-likeness (QED) is 0.499. The molecule has 0 N–H and O–H groups in total. The lowest BCUT2D eigenvalue weighted by Gasteiger charge is -2.07. The topological polar surface area (TPSA) is 52.0 Å². The van der Waals surface area contributed by atoms with Gasteiger partial charge in [-0.3, -0.25) is 9.59 Å². The number of aromatic nitrogens is 2. The van der Waals surface area contributed by atoms with E-state index in [1.54, 1.807) is 0 Å². The molecule has 0 unspecified atom stereocenters. The van der Waals surface area contributed by atoms with E-state index in [1.165, 1.54) is 37.4 Å². The molecule has 0 amide bonds. The van der Waals surface area contributed by atoms with E-state index >= 15 is 0 Å². The summed E-state index contributed by atoms with van der Waals surface area (Å²) in [7, 11) is 0. The number of alkyl halides is 3. The predicted octanol–water partition coefficient (Wildman–Crippen LogP) is 4.46. The lowest BCUT2D eigenvalue weighted by molar-refractivity contribution is -0.137. The second-order valence-electron chi connectivity index (χ2n) is 5.77. The second-order valence-corrected chi connectivity index (χ2v) is 5.77. The van der Waals surface area contributed by atoms with Crippen LogP contribution in [0.3, 0.4) is 0 Å². The van der Waals surface area contributed by atoms with Crippen LogP contribution >= 0.6 is 0 Å². The molecule has 27 heavy (non-hydrogen) atoms. The minimum absolute atomic E-state index is 0.0194. The fraction of sp³-hybridized carbons (Fsp3) is 0.105. The third kappa shape index (κ3) is 3.79. The van der Waals surface area contributed by atoms with Crippen molar-refractivity contribution >= 4 is 11.6 Å². The first-order valence-electron chi connectivity index (χ1n) is 7.75. The number of hydrogen-bond acceptors (Lipinski definition) is 3. The minimum atomic E-state index is -4.48. The van der Waals surface area contributed by atoms with Crippen molar-refractivity contribution in [1.29, 1.82) is 0 Å². The number of hydrogen-bond donors (Lipinski definition) is 0. The number of halogens is 4. The molecule has 3 rings (SSSR count). The Labute approximate surface area is 151 Å². The van der Waals surface area contributed by atoms with Gasteiger partial charge in [-0.2, -0.15) is 18.3 Å². The molecule has 0 aliphatic carbocycles. The number of benzene rings is 2. The molecule has 0 spiro atoms. The van der Waals surface area contributed by atoms with E-state index < -0.39 is 29.1 Å². The zero-order chi connectivity index (χ0) is 19.8. The molecule has 0 fully saturated rings. The highest BCUT2D eigenvalue weighted by molar-refractivity contribution is 6.14. The summed E-state index contributed by atoms with van der Waals surface area (Å²) in [5.74, 6) is -1.54. The SMILES string of the molecule is CC(=O)c1nn(-c2ccc(C(F)(F)F)cc2)cc1C(=O)c1ccc(F)cc1. The van der Waals surface area contributed by atoms with Crippen LogP contribution in [0.25, 0.3) is 5.69 Å². The van der Waals surface area contributed by atoms with E-state index in [4.69, 9.17) is 0 Å². The number of carbonyl (C=O) groups excluding carboxylic acids is 2. The zero-order valence-electron chi connectivity index (χ0n) is 13.9. The summed E-state index contributed by atoms with van der Waals surface area (Å²) in [6.45, 7) is 1.22. The highest BCUT2D eigenvalue weighted by Gasteiger charge is 2.30. The maximum absolute atomic E-state index is 13.0. The van der Waals surface area contributed by atoms with E-state index in [0.717, 1.165) is 28.9 Å². The molecule has 3 aromatic rings. The van der Waals surface area contributed by atoms with Crippen LogP contribution in [0.4, 0.5) is 17.6 Å². The molecule has 0 saturated heterocycles. The van der Waals surface area contributed by atoms with Gasteiger partial charge >= 0.3 is 6.18 Å². The number of rotatable bonds is 4. The molecule has 0 radical (unpaired) electrons. The van der Waals surface area contributed by atoms with Crippen molar-refractivity contribution < 1.29 is 27.2 Å². The van der Waals surface area contributed by atoms with Gasteiger partial charge in [0.05, 0.1) is 16.8 Å². The van der Waals surface area contributed by atoms with Crippen molar-refractivity contribution in [2.75, 3.05) is 0 Å². The summed E-state index contributed by atoms with van der Waals surface area (Å²) in [5.41, 5.74) is -0.555. The van der Waals surface area contributed by atoms with Crippen LogP contribution in [-0.4, -0.2) is 21.3 Å². The lowest BCUT2D eigenvalue weighted by Crippen LogP contribution is -2.06. The summed E-state index contributed by atoms with van der Waals surface area (Å²) >= 11 is 0. The van der Waals surface area contributed by atoms with Gasteiger partial charge in [-0.15, -0.1) is 0 Å². The smallest absolute Gasteiger partial charge is 0.293 e. The van der Waals surface area contributed by atoms with E-state index in [-0.39, 0.29) is 22.5 Å². The third-order valence-corrected chi connectivity index (χ3v) is 3.86. The third-order valence-electron chi connectivity index (χ3n) is 3.86. The van der Waals surface area contributed by atoms with Gasteiger partial charge in [-0.05, 0) is 48.5 Å². The minimum Gasteiger partial charge on any atom is -0.293 e. The molecule has 0 aliphatic rings. The normalized spacial score (nSPS) is 11.4. The molecule has 8 heteroatoms. The van der Waals surface area contributed by atoms with Gasteiger partial charge in [-0.1, -0.05) is 0 Å². The maximum Gasteiger partial charge on any atom is 0.416 e. The Morgan fingerprint density at radius 1 is 0.963 bits per heavy atom. The predicted molar refractivity (Wildman–Crippen MR) is 88.4 cm³/mol. The molecule has 1 heterocycles. The Hall–Kier alpha value is -3.29. The lowest BCUT2D eigenvalue weighted by atomic mass is 10.0. The van der Waals surface area contributed by atoms with Crippen molar-refractivity contribution in [3.8, 4) is 5.69 Å². The fourth-order valence-corrected chi connectivity index (χ4v) is 2.49. The van der Waals surface area contributed by atoms with Gasteiger partial charge in [0.2, 0.25) is 0 Å². The monoisotopic (exact) mass is 376 g/mol. The van der Waals surface area contributed by atoms with Crippen LogP contribution in [0, 0.1) is 5.82 Å². The molecule has 1 aromatic heterocycles. The van der Waals surface area contributed by atoms with Crippen molar-refractivity contribution in [1.82, 2.24) is 9.78 Å². The second kappa shape index (κ2) is 6.79. The molecule has 0 aliphatic heterocycles. The highest BCUT2D eigenvalue weighted by atomic mass is 19.4. The molecular weight excluding hydrogens is 364 g/mol. The molecule has 0 atom stereocenters. The average molecular weight is 376 g/mol. The first-order valence-corrected chi connectivity index (χ1v) is 7.75. The van der Waals surface area contributed by atoms with E-state index in [9.17, 15) is 27.2 Å². The fourth-order valence-electron chi connectivity index (χ4n) is 2.49. The summed E-state index contributed by atoms with van der Waals surface area (Å²) in [5, 5.41) is 4.03. The summed E-state index contributed by atoms with van der Waals surface area (Å²) < 4.78 is 52.2. The van der Waals surface area contributed by atoms with E-state index in [2.05, 4.69) is 5.10 Å². The Bertz CT molecular complexity index is 1000. The average Bonchev–Trinajstić information content (AvgIpc) is 3.07. The van der Waals surface area contributed by atoms with Crippen molar-refractivity contribution in [3.63, 3.8) is 0 Å². The first kappa shape index (κ1) is 18.5. The van der Waals surface area contributed by atoms with Crippen LogP contribution < -0.4 is 0 Å². The standard InChI is InChI=1S/C19H12F4N2O2/c1-11(26)17-16(18(27)12-2-6-14(20)7-3-12)10-25(24-17)15-8-4-13(5-9-15)19(21,22)23/h2-10H,1H3. The maximum atomic E-state index is 13.0. The van der Waals surface area contributed by atoms with Crippen molar-refractivity contribution in [2.24, 2.45) is 0 Å². The Morgan fingerprint density at radius 2 is 1.56 bits per heavy atom. The van der Waals surface area contributed by atoms with Crippen LogP contribution in [0.2, 0.25) is 0 Å². The van der Waals surface area contributed by atoms with Gasteiger partial charge in [0.15, 0.2) is 11.6 Å². The first-order chi connectivity index (χ1) is 12.7. The Kier molecular flexibility index (Phi) is 4.65. The van der Waals surface area contributed by atoms with Gasteiger partial charge in [-0.25, -0.2) is 9.07 Å². The van der Waals surface area contributed by atoms with Gasteiger partial charge in [0.25, 0.3) is 0 Å². The molecule has 2 aromatic carbocycles. The van der Waals surface area contributed by atoms with Gasteiger partial charge < -0.3 is 0 Å². The molecule has 4 nitrogen and oxygen atoms in total. The number of Topliss-reactive ketones (excluding diaryl/α,β-unsaturated/α-hetero) is 1.